The van der Waals surface area contributed by atoms with Crippen LogP contribution < -0.4 is 5.73 Å². The second-order valence-corrected chi connectivity index (χ2v) is 4.64. The van der Waals surface area contributed by atoms with Crippen LogP contribution in [0, 0.1) is 0 Å². The second kappa shape index (κ2) is 6.54. The Morgan fingerprint density at radius 2 is 2.21 bits per heavy atom. The molecular weight excluding hydrogens is 240 g/mol. The van der Waals surface area contributed by atoms with Gasteiger partial charge in [0.15, 0.2) is 0 Å². The first-order valence-corrected chi connectivity index (χ1v) is 6.68. The molecule has 3 N–H and O–H groups in total. The summed E-state index contributed by atoms with van der Waals surface area (Å²) in [5, 5.41) is 0. The van der Waals surface area contributed by atoms with Crippen molar-refractivity contribution in [3.63, 3.8) is 0 Å². The lowest BCUT2D eigenvalue weighted by molar-refractivity contribution is 0.151. The van der Waals surface area contributed by atoms with E-state index >= 15 is 0 Å². The highest BCUT2D eigenvalue weighted by Crippen LogP contribution is 2.15. The number of rotatable bonds is 7. The summed E-state index contributed by atoms with van der Waals surface area (Å²) in [5.74, 6) is 1.01. The van der Waals surface area contributed by atoms with Crippen LogP contribution in [0.15, 0.2) is 18.2 Å². The van der Waals surface area contributed by atoms with E-state index in [4.69, 9.17) is 10.5 Å². The number of aromatic amines is 1. The lowest BCUT2D eigenvalue weighted by Gasteiger charge is -2.18. The third-order valence-corrected chi connectivity index (χ3v) is 3.28. The van der Waals surface area contributed by atoms with Gasteiger partial charge in [-0.15, -0.1) is 0 Å². The fourth-order valence-electron chi connectivity index (χ4n) is 2.11. The zero-order valence-electron chi connectivity index (χ0n) is 11.6. The van der Waals surface area contributed by atoms with Gasteiger partial charge >= 0.3 is 0 Å². The zero-order valence-corrected chi connectivity index (χ0v) is 11.6. The first-order valence-electron chi connectivity index (χ1n) is 6.68. The van der Waals surface area contributed by atoms with Gasteiger partial charge in [0.1, 0.15) is 5.82 Å². The molecule has 19 heavy (non-hydrogen) atoms. The minimum absolute atomic E-state index is 0.762. The molecule has 0 saturated carbocycles. The Morgan fingerprint density at radius 1 is 1.37 bits per heavy atom. The molecule has 0 saturated heterocycles. The van der Waals surface area contributed by atoms with Crippen LogP contribution >= 0.6 is 0 Å². The molecule has 0 amide bonds. The maximum absolute atomic E-state index is 5.76. The van der Waals surface area contributed by atoms with Crippen molar-refractivity contribution in [3.8, 4) is 0 Å². The summed E-state index contributed by atoms with van der Waals surface area (Å²) in [6.07, 6.45) is 0.909. The largest absolute Gasteiger partial charge is 0.399 e. The number of likely N-dealkylation sites (N-methyl/N-ethyl adjacent to an activating group) is 1. The molecule has 0 bridgehead atoms. The normalized spacial score (nSPS) is 11.5. The molecule has 0 fully saturated rings. The van der Waals surface area contributed by atoms with Crippen molar-refractivity contribution in [1.82, 2.24) is 14.9 Å². The smallest absolute Gasteiger partial charge is 0.108 e. The number of H-pyrrole nitrogens is 1. The molecule has 2 rings (SSSR count). The first kappa shape index (κ1) is 13.8. The van der Waals surface area contributed by atoms with E-state index in [-0.39, 0.29) is 0 Å². The van der Waals surface area contributed by atoms with Crippen LogP contribution in [0.4, 0.5) is 5.69 Å². The van der Waals surface area contributed by atoms with Crippen LogP contribution in [-0.2, 0) is 11.2 Å². The molecular formula is C14H22N4O. The van der Waals surface area contributed by atoms with Gasteiger partial charge in [0.05, 0.1) is 17.6 Å². The standard InChI is InChI=1S/C14H22N4O/c1-3-18(8-9-19-2)7-6-14-16-12-5-4-11(15)10-13(12)17-14/h4-5,10H,3,6-9,15H2,1-2H3,(H,16,17). The number of methoxy groups -OCH3 is 1. The van der Waals surface area contributed by atoms with Gasteiger partial charge in [-0.05, 0) is 24.7 Å². The fraction of sp³-hybridized carbons (Fsp3) is 0.500. The number of ether oxygens (including phenoxy) is 1. The summed E-state index contributed by atoms with van der Waals surface area (Å²) >= 11 is 0. The second-order valence-electron chi connectivity index (χ2n) is 4.64. The van der Waals surface area contributed by atoms with E-state index in [9.17, 15) is 0 Å². The average Bonchev–Trinajstić information content (AvgIpc) is 2.81. The predicted octanol–water partition coefficient (Wildman–Crippen LogP) is 1.66. The van der Waals surface area contributed by atoms with E-state index in [0.717, 1.165) is 55.2 Å². The number of imidazole rings is 1. The summed E-state index contributed by atoms with van der Waals surface area (Å²) in [6, 6.07) is 5.76. The Hall–Kier alpha value is -1.59. The van der Waals surface area contributed by atoms with E-state index in [2.05, 4.69) is 21.8 Å². The number of anilines is 1. The van der Waals surface area contributed by atoms with Crippen LogP contribution in [0.25, 0.3) is 11.0 Å². The number of hydrogen-bond acceptors (Lipinski definition) is 4. The minimum atomic E-state index is 0.762. The lowest BCUT2D eigenvalue weighted by atomic mass is 10.3. The van der Waals surface area contributed by atoms with Crippen LogP contribution in [0.2, 0.25) is 0 Å². The van der Waals surface area contributed by atoms with Gasteiger partial charge < -0.3 is 20.4 Å². The molecule has 0 aliphatic carbocycles. The van der Waals surface area contributed by atoms with Crippen molar-refractivity contribution < 1.29 is 4.74 Å². The van der Waals surface area contributed by atoms with E-state index in [1.807, 2.05) is 18.2 Å². The highest BCUT2D eigenvalue weighted by Gasteiger charge is 2.06. The number of nitrogens with one attached hydrogen (secondary N) is 1. The quantitative estimate of drug-likeness (QED) is 0.745. The van der Waals surface area contributed by atoms with Gasteiger partial charge in [-0.2, -0.15) is 0 Å². The lowest BCUT2D eigenvalue weighted by Crippen LogP contribution is -2.29. The van der Waals surface area contributed by atoms with Crippen LogP contribution in [0.1, 0.15) is 12.7 Å². The van der Waals surface area contributed by atoms with Gasteiger partial charge in [0.25, 0.3) is 0 Å². The molecule has 1 heterocycles. The summed E-state index contributed by atoms with van der Waals surface area (Å²) in [6.45, 7) is 5.89. The molecule has 5 heteroatoms. The summed E-state index contributed by atoms with van der Waals surface area (Å²) < 4.78 is 5.11. The van der Waals surface area contributed by atoms with E-state index in [1.54, 1.807) is 7.11 Å². The van der Waals surface area contributed by atoms with Crippen molar-refractivity contribution in [3.05, 3.63) is 24.0 Å². The Kier molecular flexibility index (Phi) is 4.76. The maximum Gasteiger partial charge on any atom is 0.108 e. The van der Waals surface area contributed by atoms with E-state index in [0.29, 0.717) is 0 Å². The molecule has 0 radical (unpaired) electrons. The molecule has 0 aliphatic rings. The Bertz CT molecular complexity index is 523. The zero-order chi connectivity index (χ0) is 13.7. The number of aromatic nitrogens is 2. The highest BCUT2D eigenvalue weighted by atomic mass is 16.5. The van der Waals surface area contributed by atoms with Crippen LogP contribution in [0.5, 0.6) is 0 Å². The molecule has 0 spiro atoms. The van der Waals surface area contributed by atoms with Crippen molar-refractivity contribution in [2.75, 3.05) is 39.1 Å². The maximum atomic E-state index is 5.76. The highest BCUT2D eigenvalue weighted by molar-refractivity contribution is 5.78. The van der Waals surface area contributed by atoms with Gasteiger partial charge in [-0.1, -0.05) is 6.92 Å². The van der Waals surface area contributed by atoms with Crippen molar-refractivity contribution >= 4 is 16.7 Å². The number of nitrogens with zero attached hydrogens (tertiary/aromatic N) is 2. The molecule has 0 aliphatic heterocycles. The Labute approximate surface area is 113 Å². The summed E-state index contributed by atoms with van der Waals surface area (Å²) in [4.78, 5) is 10.2. The monoisotopic (exact) mass is 262 g/mol. The molecule has 5 nitrogen and oxygen atoms in total. The average molecular weight is 262 g/mol. The molecule has 104 valence electrons. The number of fused-ring (bicyclic) bond motifs is 1. The third-order valence-electron chi connectivity index (χ3n) is 3.28. The Morgan fingerprint density at radius 3 is 2.95 bits per heavy atom. The number of benzene rings is 1. The molecule has 1 aromatic heterocycles. The molecule has 0 atom stereocenters. The first-order chi connectivity index (χ1) is 9.22. The van der Waals surface area contributed by atoms with Gasteiger partial charge in [-0.3, -0.25) is 0 Å². The number of hydrogen-bond donors (Lipinski definition) is 2. The fourth-order valence-corrected chi connectivity index (χ4v) is 2.11. The van der Waals surface area contributed by atoms with Gasteiger partial charge in [-0.25, -0.2) is 4.98 Å². The Balaban J connectivity index is 1.97. The topological polar surface area (TPSA) is 67.2 Å². The van der Waals surface area contributed by atoms with Crippen molar-refractivity contribution in [2.24, 2.45) is 0 Å². The van der Waals surface area contributed by atoms with Gasteiger partial charge in [0.2, 0.25) is 0 Å². The van der Waals surface area contributed by atoms with Crippen molar-refractivity contribution in [2.45, 2.75) is 13.3 Å². The molecule has 0 unspecified atom stereocenters. The van der Waals surface area contributed by atoms with Crippen LogP contribution in [-0.4, -0.2) is 48.2 Å². The predicted molar refractivity (Wildman–Crippen MR) is 78.2 cm³/mol. The SMILES string of the molecule is CCN(CCOC)CCc1nc2ccc(N)cc2[nH]1. The van der Waals surface area contributed by atoms with Gasteiger partial charge in [0, 0.05) is 32.3 Å². The van der Waals surface area contributed by atoms with Crippen LogP contribution in [0.3, 0.4) is 0 Å². The third kappa shape index (κ3) is 3.68. The van der Waals surface area contributed by atoms with E-state index in [1.165, 1.54) is 0 Å². The number of nitrogen functional groups attached to an aromatic ring is 1. The van der Waals surface area contributed by atoms with Crippen molar-refractivity contribution in [1.29, 1.82) is 0 Å². The molecule has 2 aromatic rings. The summed E-state index contributed by atoms with van der Waals surface area (Å²) in [5.41, 5.74) is 8.51. The summed E-state index contributed by atoms with van der Waals surface area (Å²) in [7, 11) is 1.73. The molecule has 1 aromatic carbocycles. The van der Waals surface area contributed by atoms with E-state index < -0.39 is 0 Å². The minimum Gasteiger partial charge on any atom is -0.399 e. The number of nitrogens with two attached hydrogens (primary N) is 1.